The summed E-state index contributed by atoms with van der Waals surface area (Å²) >= 11 is 5.76. The summed E-state index contributed by atoms with van der Waals surface area (Å²) in [6, 6.07) is 2.94. The second kappa shape index (κ2) is 4.06. The van der Waals surface area contributed by atoms with Gasteiger partial charge in [-0.25, -0.2) is 9.78 Å². The van der Waals surface area contributed by atoms with Crippen molar-refractivity contribution in [3.63, 3.8) is 0 Å². The normalized spacial score (nSPS) is 11.2. The number of pyridine rings is 1. The van der Waals surface area contributed by atoms with Gasteiger partial charge in [0.2, 0.25) is 0 Å². The minimum atomic E-state index is -1.36. The fourth-order valence-corrected chi connectivity index (χ4v) is 1.22. The highest BCUT2D eigenvalue weighted by molar-refractivity contribution is 6.29. The zero-order chi connectivity index (χ0) is 11.6. The Morgan fingerprint density at radius 2 is 2.07 bits per heavy atom. The first kappa shape index (κ1) is 11.8. The van der Waals surface area contributed by atoms with Gasteiger partial charge in [-0.2, -0.15) is 0 Å². The molecule has 15 heavy (non-hydrogen) atoms. The van der Waals surface area contributed by atoms with Crippen molar-refractivity contribution in [1.82, 2.24) is 4.98 Å². The largest absolute Gasteiger partial charge is 0.511 e. The van der Waals surface area contributed by atoms with Gasteiger partial charge in [0.05, 0.1) is 5.69 Å². The summed E-state index contributed by atoms with van der Waals surface area (Å²) < 4.78 is 4.52. The molecule has 0 bridgehead atoms. The average molecular weight is 230 g/mol. The Balaban J connectivity index is 3.11. The number of carboxylic acid groups (broad SMARTS) is 1. The van der Waals surface area contributed by atoms with Crippen molar-refractivity contribution in [1.29, 1.82) is 0 Å². The molecule has 0 spiro atoms. The van der Waals surface area contributed by atoms with Crippen LogP contribution in [0.3, 0.4) is 0 Å². The molecule has 1 rings (SSSR count). The molecule has 0 aliphatic heterocycles. The maximum Gasteiger partial charge on any atom is 0.511 e. The molecule has 1 heterocycles. The van der Waals surface area contributed by atoms with E-state index in [0.29, 0.717) is 5.69 Å². The molecule has 1 N–H and O–H groups in total. The maximum atomic E-state index is 10.4. The van der Waals surface area contributed by atoms with Crippen LogP contribution in [0.2, 0.25) is 5.15 Å². The van der Waals surface area contributed by atoms with Crippen LogP contribution in [-0.4, -0.2) is 16.2 Å². The van der Waals surface area contributed by atoms with Gasteiger partial charge < -0.3 is 9.84 Å². The van der Waals surface area contributed by atoms with Crippen molar-refractivity contribution in [3.8, 4) is 5.75 Å². The van der Waals surface area contributed by atoms with E-state index in [-0.39, 0.29) is 16.3 Å². The third-order valence-electron chi connectivity index (χ3n) is 1.74. The topological polar surface area (TPSA) is 59.4 Å². The Bertz CT molecular complexity index is 385. The summed E-state index contributed by atoms with van der Waals surface area (Å²) in [4.78, 5) is 14.5. The fourth-order valence-electron chi connectivity index (χ4n) is 1.02. The minimum absolute atomic E-state index is 0.187. The predicted molar refractivity (Wildman–Crippen MR) is 56.6 cm³/mol. The van der Waals surface area contributed by atoms with E-state index in [1.165, 1.54) is 6.07 Å². The van der Waals surface area contributed by atoms with Gasteiger partial charge in [0, 0.05) is 17.5 Å². The molecule has 0 atom stereocenters. The van der Waals surface area contributed by atoms with Crippen molar-refractivity contribution in [2.24, 2.45) is 0 Å². The van der Waals surface area contributed by atoms with Gasteiger partial charge in [-0.3, -0.25) is 0 Å². The van der Waals surface area contributed by atoms with Crippen molar-refractivity contribution in [3.05, 3.63) is 23.0 Å². The van der Waals surface area contributed by atoms with Gasteiger partial charge in [0.15, 0.2) is 0 Å². The molecule has 82 valence electrons. The molecule has 0 saturated carbocycles. The lowest BCUT2D eigenvalue weighted by Crippen LogP contribution is -2.14. The van der Waals surface area contributed by atoms with Crippen LogP contribution in [0.15, 0.2) is 12.1 Å². The van der Waals surface area contributed by atoms with Crippen LogP contribution >= 0.6 is 11.6 Å². The Morgan fingerprint density at radius 3 is 2.53 bits per heavy atom. The molecule has 0 aromatic carbocycles. The monoisotopic (exact) mass is 229 g/mol. The predicted octanol–water partition coefficient (Wildman–Crippen LogP) is 3.09. The van der Waals surface area contributed by atoms with E-state index in [2.05, 4.69) is 9.72 Å². The SMILES string of the molecule is CC(C)(C)c1cc(OC(=O)O)cc(Cl)n1. The lowest BCUT2D eigenvalue weighted by molar-refractivity contribution is 0.144. The number of halogens is 1. The van der Waals surface area contributed by atoms with E-state index in [4.69, 9.17) is 16.7 Å². The van der Waals surface area contributed by atoms with Crippen LogP contribution in [0.25, 0.3) is 0 Å². The van der Waals surface area contributed by atoms with Crippen LogP contribution in [0.5, 0.6) is 5.75 Å². The van der Waals surface area contributed by atoms with Crippen LogP contribution < -0.4 is 4.74 Å². The zero-order valence-corrected chi connectivity index (χ0v) is 9.50. The number of ether oxygens (including phenoxy) is 1. The summed E-state index contributed by atoms with van der Waals surface area (Å²) in [5.74, 6) is 0.187. The molecule has 1 aromatic rings. The molecule has 0 amide bonds. The summed E-state index contributed by atoms with van der Waals surface area (Å²) in [6.07, 6.45) is -1.36. The molecule has 0 aliphatic rings. The molecule has 5 heteroatoms. The van der Waals surface area contributed by atoms with Gasteiger partial charge in [-0.1, -0.05) is 32.4 Å². The molecule has 1 aromatic heterocycles. The quantitative estimate of drug-likeness (QED) is 0.594. The Morgan fingerprint density at radius 1 is 1.47 bits per heavy atom. The smallest absolute Gasteiger partial charge is 0.449 e. The Labute approximate surface area is 92.8 Å². The maximum absolute atomic E-state index is 10.4. The van der Waals surface area contributed by atoms with Crippen LogP contribution in [0, 0.1) is 0 Å². The number of carbonyl (C=O) groups is 1. The van der Waals surface area contributed by atoms with Gasteiger partial charge in [-0.15, -0.1) is 0 Å². The van der Waals surface area contributed by atoms with Crippen molar-refractivity contribution in [2.45, 2.75) is 26.2 Å². The van der Waals surface area contributed by atoms with Gasteiger partial charge in [-0.05, 0) is 0 Å². The van der Waals surface area contributed by atoms with E-state index in [1.54, 1.807) is 6.07 Å². The fraction of sp³-hybridized carbons (Fsp3) is 0.400. The molecule has 0 radical (unpaired) electrons. The minimum Gasteiger partial charge on any atom is -0.449 e. The van der Waals surface area contributed by atoms with Crippen molar-refractivity contribution >= 4 is 17.8 Å². The summed E-state index contributed by atoms with van der Waals surface area (Å²) in [5.41, 5.74) is 0.480. The Kier molecular flexibility index (Phi) is 3.19. The first-order valence-electron chi connectivity index (χ1n) is 4.38. The van der Waals surface area contributed by atoms with Gasteiger partial charge in [0.1, 0.15) is 10.9 Å². The first-order valence-corrected chi connectivity index (χ1v) is 4.75. The molecule has 4 nitrogen and oxygen atoms in total. The summed E-state index contributed by atoms with van der Waals surface area (Å²) in [6.45, 7) is 5.86. The number of hydrogen-bond donors (Lipinski definition) is 1. The zero-order valence-electron chi connectivity index (χ0n) is 8.74. The number of nitrogens with zero attached hydrogens (tertiary/aromatic N) is 1. The second-order valence-electron chi connectivity index (χ2n) is 4.13. The van der Waals surface area contributed by atoms with E-state index in [0.717, 1.165) is 0 Å². The molecule has 0 fully saturated rings. The molecular formula is C10H12ClNO3. The second-order valence-corrected chi connectivity index (χ2v) is 4.52. The van der Waals surface area contributed by atoms with E-state index < -0.39 is 6.16 Å². The highest BCUT2D eigenvalue weighted by atomic mass is 35.5. The highest BCUT2D eigenvalue weighted by Crippen LogP contribution is 2.26. The van der Waals surface area contributed by atoms with Crippen molar-refractivity contribution < 1.29 is 14.6 Å². The van der Waals surface area contributed by atoms with E-state index >= 15 is 0 Å². The Hall–Kier alpha value is -1.29. The standard InChI is InChI=1S/C10H12ClNO3/c1-10(2,3)7-4-6(15-9(13)14)5-8(11)12-7/h4-5H,1-3H3,(H,13,14). The van der Waals surface area contributed by atoms with Crippen LogP contribution in [-0.2, 0) is 5.41 Å². The molecule has 0 unspecified atom stereocenters. The number of rotatable bonds is 1. The molecular weight excluding hydrogens is 218 g/mol. The number of hydrogen-bond acceptors (Lipinski definition) is 3. The van der Waals surface area contributed by atoms with E-state index in [9.17, 15) is 4.79 Å². The lowest BCUT2D eigenvalue weighted by atomic mass is 9.91. The summed E-state index contributed by atoms with van der Waals surface area (Å²) in [5, 5.41) is 8.69. The van der Waals surface area contributed by atoms with Crippen molar-refractivity contribution in [2.75, 3.05) is 0 Å². The first-order chi connectivity index (χ1) is 6.79. The third kappa shape index (κ3) is 3.40. The average Bonchev–Trinajstić information content (AvgIpc) is 1.99. The van der Waals surface area contributed by atoms with Gasteiger partial charge >= 0.3 is 6.16 Å². The molecule has 0 saturated heterocycles. The van der Waals surface area contributed by atoms with E-state index in [1.807, 2.05) is 20.8 Å². The number of aromatic nitrogens is 1. The van der Waals surface area contributed by atoms with Crippen LogP contribution in [0.1, 0.15) is 26.5 Å². The molecule has 0 aliphatic carbocycles. The van der Waals surface area contributed by atoms with Crippen LogP contribution in [0.4, 0.5) is 4.79 Å². The van der Waals surface area contributed by atoms with Gasteiger partial charge in [0.25, 0.3) is 0 Å². The lowest BCUT2D eigenvalue weighted by Gasteiger charge is -2.18. The summed E-state index contributed by atoms with van der Waals surface area (Å²) in [7, 11) is 0. The highest BCUT2D eigenvalue weighted by Gasteiger charge is 2.18. The third-order valence-corrected chi connectivity index (χ3v) is 1.93.